The Morgan fingerprint density at radius 3 is 2.40 bits per heavy atom. The van der Waals surface area contributed by atoms with Crippen LogP contribution >= 0.6 is 0 Å². The van der Waals surface area contributed by atoms with Crippen LogP contribution in [0.25, 0.3) is 10.8 Å². The molecule has 0 atom stereocenters. The molecule has 5 rings (SSSR count). The molecule has 1 aliphatic rings. The van der Waals surface area contributed by atoms with Gasteiger partial charge < -0.3 is 14.8 Å². The fraction of sp³-hybridized carbons (Fsp3) is 0.148. The van der Waals surface area contributed by atoms with Crippen molar-refractivity contribution in [1.29, 1.82) is 0 Å². The van der Waals surface area contributed by atoms with Crippen molar-refractivity contribution in [3.05, 3.63) is 96.1 Å². The summed E-state index contributed by atoms with van der Waals surface area (Å²) >= 11 is 0. The van der Waals surface area contributed by atoms with E-state index in [9.17, 15) is 13.2 Å². The van der Waals surface area contributed by atoms with Crippen LogP contribution in [0.15, 0.2) is 89.8 Å². The average Bonchev–Trinajstić information content (AvgIpc) is 2.88. The van der Waals surface area contributed by atoms with Gasteiger partial charge in [0.1, 0.15) is 13.2 Å². The second-order valence-electron chi connectivity index (χ2n) is 8.13. The Balaban J connectivity index is 1.20. The minimum absolute atomic E-state index is 0.0667. The molecule has 7 nitrogen and oxygen atoms in total. The summed E-state index contributed by atoms with van der Waals surface area (Å²) in [4.78, 5) is 12.6. The quantitative estimate of drug-likeness (QED) is 0.403. The second-order valence-corrected chi connectivity index (χ2v) is 9.81. The highest BCUT2D eigenvalue weighted by molar-refractivity contribution is 7.92. The van der Waals surface area contributed by atoms with Crippen molar-refractivity contribution in [3.63, 3.8) is 0 Å². The van der Waals surface area contributed by atoms with Crippen LogP contribution in [0.3, 0.4) is 0 Å². The van der Waals surface area contributed by atoms with Gasteiger partial charge in [0.15, 0.2) is 11.5 Å². The first kappa shape index (κ1) is 22.7. The summed E-state index contributed by atoms with van der Waals surface area (Å²) in [5, 5.41) is 5.28. The second kappa shape index (κ2) is 9.68. The number of hydrogen-bond donors (Lipinski definition) is 2. The average molecular weight is 489 g/mol. The lowest BCUT2D eigenvalue weighted by Crippen LogP contribution is -2.25. The highest BCUT2D eigenvalue weighted by Gasteiger charge is 2.19. The molecule has 0 saturated heterocycles. The smallest absolute Gasteiger partial charge is 0.262 e. The van der Waals surface area contributed by atoms with E-state index in [-0.39, 0.29) is 10.8 Å². The van der Waals surface area contributed by atoms with Crippen LogP contribution < -0.4 is 19.5 Å². The third-order valence-corrected chi connectivity index (χ3v) is 7.16. The summed E-state index contributed by atoms with van der Waals surface area (Å²) in [6.45, 7) is 1.29. The van der Waals surface area contributed by atoms with Crippen LogP contribution in [-0.2, 0) is 16.4 Å². The Morgan fingerprint density at radius 2 is 1.57 bits per heavy atom. The minimum atomic E-state index is -3.83. The number of rotatable bonds is 7. The molecule has 0 saturated carbocycles. The van der Waals surface area contributed by atoms with Gasteiger partial charge >= 0.3 is 0 Å². The molecule has 4 aromatic carbocycles. The Morgan fingerprint density at radius 1 is 0.829 bits per heavy atom. The molecular weight excluding hydrogens is 464 g/mol. The number of anilines is 1. The van der Waals surface area contributed by atoms with E-state index in [1.54, 1.807) is 30.3 Å². The van der Waals surface area contributed by atoms with Crippen molar-refractivity contribution in [2.75, 3.05) is 24.5 Å². The third-order valence-electron chi connectivity index (χ3n) is 5.78. The molecule has 0 bridgehead atoms. The zero-order valence-corrected chi connectivity index (χ0v) is 19.7. The summed E-state index contributed by atoms with van der Waals surface area (Å²) < 4.78 is 39.0. The molecule has 0 fully saturated rings. The Bertz CT molecular complexity index is 1480. The molecule has 2 N–H and O–H groups in total. The highest BCUT2D eigenvalue weighted by atomic mass is 32.2. The Kier molecular flexibility index (Phi) is 6.29. The van der Waals surface area contributed by atoms with E-state index in [0.29, 0.717) is 48.9 Å². The topological polar surface area (TPSA) is 93.7 Å². The summed E-state index contributed by atoms with van der Waals surface area (Å²) in [6, 6.07) is 25.1. The maximum Gasteiger partial charge on any atom is 0.262 e. The molecule has 0 radical (unpaired) electrons. The van der Waals surface area contributed by atoms with E-state index in [1.807, 2.05) is 18.2 Å². The number of benzene rings is 4. The third kappa shape index (κ3) is 5.07. The van der Waals surface area contributed by atoms with Crippen LogP contribution in [0.1, 0.15) is 15.9 Å². The predicted octanol–water partition coefficient (Wildman–Crippen LogP) is 4.38. The van der Waals surface area contributed by atoms with Crippen molar-refractivity contribution < 1.29 is 22.7 Å². The van der Waals surface area contributed by atoms with Gasteiger partial charge in [-0.25, -0.2) is 8.42 Å². The molecule has 1 aliphatic heterocycles. The number of carbonyl (C=O) groups excluding carboxylic acids is 1. The number of amides is 1. The molecular formula is C27H24N2O5S. The maximum atomic E-state index is 12.8. The summed E-state index contributed by atoms with van der Waals surface area (Å²) in [5.74, 6) is 0.701. The number of hydrogen-bond acceptors (Lipinski definition) is 5. The van der Waals surface area contributed by atoms with E-state index in [1.165, 1.54) is 28.5 Å². The molecule has 8 heteroatoms. The van der Waals surface area contributed by atoms with Crippen molar-refractivity contribution in [3.8, 4) is 11.5 Å². The lowest BCUT2D eigenvalue weighted by Gasteiger charge is -2.19. The lowest BCUT2D eigenvalue weighted by atomic mass is 10.0. The van der Waals surface area contributed by atoms with Crippen LogP contribution in [0.2, 0.25) is 0 Å². The monoisotopic (exact) mass is 488 g/mol. The summed E-state index contributed by atoms with van der Waals surface area (Å²) in [7, 11) is -3.83. The molecule has 0 aromatic heterocycles. The standard InChI is InChI=1S/C27H24N2O5S/c30-27(28-15-14-20-6-3-5-19-4-1-2-7-24(19)20)21-8-10-22(11-9-21)29-35(31,32)23-12-13-25-26(18-23)34-17-16-33-25/h1-13,18,29H,14-17H2,(H,28,30). The van der Waals surface area contributed by atoms with Gasteiger partial charge in [-0.1, -0.05) is 42.5 Å². The fourth-order valence-corrected chi connectivity index (χ4v) is 5.09. The molecule has 1 amide bonds. The van der Waals surface area contributed by atoms with Gasteiger partial charge in [-0.2, -0.15) is 0 Å². The first-order chi connectivity index (χ1) is 17.0. The van der Waals surface area contributed by atoms with Crippen molar-refractivity contribution >= 4 is 32.4 Å². The van der Waals surface area contributed by atoms with Crippen LogP contribution in [0.4, 0.5) is 5.69 Å². The number of sulfonamides is 1. The first-order valence-electron chi connectivity index (χ1n) is 11.3. The van der Waals surface area contributed by atoms with Gasteiger partial charge in [0, 0.05) is 23.9 Å². The molecule has 1 heterocycles. The SMILES string of the molecule is O=C(NCCc1cccc2ccccc12)c1ccc(NS(=O)(=O)c2ccc3c(c2)OCCO3)cc1. The number of carbonyl (C=O) groups is 1. The van der Waals surface area contributed by atoms with Crippen LogP contribution in [0, 0.1) is 0 Å². The summed E-state index contributed by atoms with van der Waals surface area (Å²) in [5.41, 5.74) is 1.98. The molecule has 35 heavy (non-hydrogen) atoms. The minimum Gasteiger partial charge on any atom is -0.486 e. The molecule has 4 aromatic rings. The highest BCUT2D eigenvalue weighted by Crippen LogP contribution is 2.32. The number of ether oxygens (including phenoxy) is 2. The normalized spacial score (nSPS) is 12.8. The van der Waals surface area contributed by atoms with E-state index >= 15 is 0 Å². The van der Waals surface area contributed by atoms with Crippen molar-refractivity contribution in [2.45, 2.75) is 11.3 Å². The van der Waals surface area contributed by atoms with Gasteiger partial charge in [-0.05, 0) is 59.2 Å². The zero-order valence-electron chi connectivity index (χ0n) is 18.9. The Hall–Kier alpha value is -4.04. The van der Waals surface area contributed by atoms with Crippen molar-refractivity contribution in [2.24, 2.45) is 0 Å². The molecule has 178 valence electrons. The predicted molar refractivity (Wildman–Crippen MR) is 135 cm³/mol. The van der Waals surface area contributed by atoms with Gasteiger partial charge in [0.25, 0.3) is 15.9 Å². The van der Waals surface area contributed by atoms with Crippen LogP contribution in [0.5, 0.6) is 11.5 Å². The van der Waals surface area contributed by atoms with E-state index < -0.39 is 10.0 Å². The van der Waals surface area contributed by atoms with Gasteiger partial charge in [-0.3, -0.25) is 9.52 Å². The fourth-order valence-electron chi connectivity index (χ4n) is 4.02. The zero-order chi connectivity index (χ0) is 24.3. The van der Waals surface area contributed by atoms with Gasteiger partial charge in [0.05, 0.1) is 4.90 Å². The number of nitrogens with one attached hydrogen (secondary N) is 2. The van der Waals surface area contributed by atoms with E-state index in [4.69, 9.17) is 9.47 Å². The molecule has 0 spiro atoms. The number of fused-ring (bicyclic) bond motifs is 2. The van der Waals surface area contributed by atoms with Gasteiger partial charge in [0.2, 0.25) is 0 Å². The molecule has 0 aliphatic carbocycles. The Labute approximate surface area is 203 Å². The summed E-state index contributed by atoms with van der Waals surface area (Å²) in [6.07, 6.45) is 0.709. The van der Waals surface area contributed by atoms with Crippen LogP contribution in [-0.4, -0.2) is 34.1 Å². The van der Waals surface area contributed by atoms with E-state index in [0.717, 1.165) is 0 Å². The maximum absolute atomic E-state index is 12.8. The lowest BCUT2D eigenvalue weighted by molar-refractivity contribution is 0.0954. The van der Waals surface area contributed by atoms with E-state index in [2.05, 4.69) is 34.3 Å². The van der Waals surface area contributed by atoms with Crippen molar-refractivity contribution in [1.82, 2.24) is 5.32 Å². The molecule has 0 unspecified atom stereocenters. The van der Waals surface area contributed by atoms with Gasteiger partial charge in [-0.15, -0.1) is 0 Å². The first-order valence-corrected chi connectivity index (χ1v) is 12.8. The largest absolute Gasteiger partial charge is 0.486 e.